The van der Waals surface area contributed by atoms with E-state index in [1.54, 1.807) is 36.4 Å². The summed E-state index contributed by atoms with van der Waals surface area (Å²) in [6, 6.07) is 20.9. The molecule has 0 aliphatic heterocycles. The molecule has 1 amide bonds. The first-order valence-corrected chi connectivity index (χ1v) is 8.95. The van der Waals surface area contributed by atoms with Crippen LogP contribution in [0.2, 0.25) is 0 Å². The number of para-hydroxylation sites is 1. The Balaban J connectivity index is 1.59. The summed E-state index contributed by atoms with van der Waals surface area (Å²) in [5.74, 6) is -0.499. The first kappa shape index (κ1) is 18.9. The second-order valence-corrected chi connectivity index (χ2v) is 6.44. The van der Waals surface area contributed by atoms with Crippen LogP contribution in [0.4, 0.5) is 22.7 Å². The van der Waals surface area contributed by atoms with Gasteiger partial charge in [0.2, 0.25) is 0 Å². The molecule has 3 aromatic carbocycles. The average Bonchev–Trinajstić information content (AvgIpc) is 2.74. The summed E-state index contributed by atoms with van der Waals surface area (Å²) in [6.07, 6.45) is 0. The maximum Gasteiger partial charge on any atom is 0.336 e. The lowest BCUT2D eigenvalue weighted by Crippen LogP contribution is -2.12. The molecule has 1 aromatic heterocycles. The molecular formula is C22H15N3O5. The first-order chi connectivity index (χ1) is 14.5. The van der Waals surface area contributed by atoms with Crippen molar-refractivity contribution in [2.75, 3.05) is 10.6 Å². The zero-order valence-electron chi connectivity index (χ0n) is 15.5. The standard InChI is InChI=1S/C22H15N3O5/c26-21-11-7-14-12-17(8-10-20(14)30-21)24-22(27)15-6-9-18(19(13-15)25(28)29)23-16-4-2-1-3-5-16/h1-13,23H,(H,24,27). The molecule has 4 rings (SSSR count). The molecule has 1 heterocycles. The van der Waals surface area contributed by atoms with Crippen LogP contribution >= 0.6 is 0 Å². The molecule has 0 saturated heterocycles. The minimum atomic E-state index is -0.542. The van der Waals surface area contributed by atoms with Crippen molar-refractivity contribution in [2.45, 2.75) is 0 Å². The van der Waals surface area contributed by atoms with E-state index in [9.17, 15) is 19.7 Å². The van der Waals surface area contributed by atoms with Gasteiger partial charge in [-0.2, -0.15) is 0 Å². The zero-order chi connectivity index (χ0) is 21.1. The number of nitro benzene ring substituents is 1. The van der Waals surface area contributed by atoms with Crippen molar-refractivity contribution in [1.82, 2.24) is 0 Å². The van der Waals surface area contributed by atoms with E-state index >= 15 is 0 Å². The van der Waals surface area contributed by atoms with E-state index in [2.05, 4.69) is 10.6 Å². The number of hydrogen-bond acceptors (Lipinski definition) is 6. The van der Waals surface area contributed by atoms with Gasteiger partial charge in [0, 0.05) is 34.5 Å². The van der Waals surface area contributed by atoms with Crippen LogP contribution in [0.5, 0.6) is 0 Å². The monoisotopic (exact) mass is 401 g/mol. The summed E-state index contributed by atoms with van der Waals surface area (Å²) in [5, 5.41) is 17.8. The lowest BCUT2D eigenvalue weighted by atomic mass is 10.1. The van der Waals surface area contributed by atoms with Gasteiger partial charge in [-0.05, 0) is 48.5 Å². The summed E-state index contributed by atoms with van der Waals surface area (Å²) < 4.78 is 5.06. The van der Waals surface area contributed by atoms with Crippen LogP contribution in [0.1, 0.15) is 10.4 Å². The molecule has 0 radical (unpaired) electrons. The Morgan fingerprint density at radius 2 is 1.70 bits per heavy atom. The number of fused-ring (bicyclic) bond motifs is 1. The van der Waals surface area contributed by atoms with Gasteiger partial charge in [0.05, 0.1) is 4.92 Å². The second-order valence-electron chi connectivity index (χ2n) is 6.44. The molecule has 0 saturated carbocycles. The van der Waals surface area contributed by atoms with Gasteiger partial charge >= 0.3 is 5.63 Å². The van der Waals surface area contributed by atoms with Gasteiger partial charge < -0.3 is 15.1 Å². The number of anilines is 3. The van der Waals surface area contributed by atoms with Gasteiger partial charge in [-0.15, -0.1) is 0 Å². The third-order valence-corrected chi connectivity index (χ3v) is 4.39. The molecule has 2 N–H and O–H groups in total. The van der Waals surface area contributed by atoms with E-state index in [1.165, 1.54) is 24.3 Å². The van der Waals surface area contributed by atoms with Gasteiger partial charge in [-0.1, -0.05) is 18.2 Å². The quantitative estimate of drug-likeness (QED) is 0.285. The van der Waals surface area contributed by atoms with Crippen LogP contribution in [0.25, 0.3) is 11.0 Å². The van der Waals surface area contributed by atoms with Crippen LogP contribution in [0, 0.1) is 10.1 Å². The Morgan fingerprint density at radius 1 is 0.900 bits per heavy atom. The largest absolute Gasteiger partial charge is 0.423 e. The van der Waals surface area contributed by atoms with E-state index in [4.69, 9.17) is 4.42 Å². The Morgan fingerprint density at radius 3 is 2.47 bits per heavy atom. The number of hydrogen-bond donors (Lipinski definition) is 2. The van der Waals surface area contributed by atoms with E-state index < -0.39 is 16.5 Å². The van der Waals surface area contributed by atoms with Crippen LogP contribution in [0.3, 0.4) is 0 Å². The van der Waals surface area contributed by atoms with Gasteiger partial charge in [-0.25, -0.2) is 4.79 Å². The summed E-state index contributed by atoms with van der Waals surface area (Å²) >= 11 is 0. The van der Waals surface area contributed by atoms with Gasteiger partial charge in [0.1, 0.15) is 11.3 Å². The molecule has 30 heavy (non-hydrogen) atoms. The molecule has 0 aliphatic carbocycles. The lowest BCUT2D eigenvalue weighted by molar-refractivity contribution is -0.383. The zero-order valence-corrected chi connectivity index (χ0v) is 15.5. The number of nitrogens with zero attached hydrogens (tertiary/aromatic N) is 1. The molecule has 8 heteroatoms. The molecule has 8 nitrogen and oxygen atoms in total. The second kappa shape index (κ2) is 7.88. The fourth-order valence-corrected chi connectivity index (χ4v) is 2.96. The molecule has 0 fully saturated rings. The third-order valence-electron chi connectivity index (χ3n) is 4.39. The van der Waals surface area contributed by atoms with Crippen molar-refractivity contribution >= 4 is 39.6 Å². The predicted molar refractivity (Wildman–Crippen MR) is 113 cm³/mol. The fourth-order valence-electron chi connectivity index (χ4n) is 2.96. The van der Waals surface area contributed by atoms with E-state index in [0.717, 1.165) is 0 Å². The minimum Gasteiger partial charge on any atom is -0.423 e. The Bertz CT molecular complexity index is 1320. The van der Waals surface area contributed by atoms with Crippen molar-refractivity contribution < 1.29 is 14.1 Å². The average molecular weight is 401 g/mol. The van der Waals surface area contributed by atoms with Crippen LogP contribution < -0.4 is 16.3 Å². The van der Waals surface area contributed by atoms with Crippen LogP contribution in [0.15, 0.2) is 88.1 Å². The van der Waals surface area contributed by atoms with Gasteiger partial charge in [-0.3, -0.25) is 14.9 Å². The molecule has 0 bridgehead atoms. The number of rotatable bonds is 5. The van der Waals surface area contributed by atoms with Crippen molar-refractivity contribution in [1.29, 1.82) is 0 Å². The minimum absolute atomic E-state index is 0.139. The number of nitro groups is 1. The highest BCUT2D eigenvalue weighted by Crippen LogP contribution is 2.29. The van der Waals surface area contributed by atoms with Gasteiger partial charge in [0.25, 0.3) is 11.6 Å². The van der Waals surface area contributed by atoms with E-state index in [1.807, 2.05) is 18.2 Å². The highest BCUT2D eigenvalue weighted by Gasteiger charge is 2.18. The molecule has 0 unspecified atom stereocenters. The highest BCUT2D eigenvalue weighted by molar-refractivity contribution is 6.05. The molecule has 0 spiro atoms. The van der Waals surface area contributed by atoms with Crippen LogP contribution in [-0.4, -0.2) is 10.8 Å². The SMILES string of the molecule is O=C(Nc1ccc2oc(=O)ccc2c1)c1ccc(Nc2ccccc2)c([N+](=O)[O-])c1. The van der Waals surface area contributed by atoms with Crippen molar-refractivity contribution in [3.63, 3.8) is 0 Å². The topological polar surface area (TPSA) is 114 Å². The first-order valence-electron chi connectivity index (χ1n) is 8.95. The third kappa shape index (κ3) is 4.02. The van der Waals surface area contributed by atoms with Crippen molar-refractivity contribution in [3.8, 4) is 0 Å². The van der Waals surface area contributed by atoms with Crippen molar-refractivity contribution in [3.05, 3.63) is 105 Å². The Labute approximate surface area is 169 Å². The van der Waals surface area contributed by atoms with Gasteiger partial charge in [0.15, 0.2) is 0 Å². The summed E-state index contributed by atoms with van der Waals surface area (Å²) in [6.45, 7) is 0. The lowest BCUT2D eigenvalue weighted by Gasteiger charge is -2.10. The molecular weight excluding hydrogens is 386 g/mol. The molecule has 148 valence electrons. The number of amides is 1. The Kier molecular flexibility index (Phi) is 4.96. The maximum atomic E-state index is 12.6. The summed E-state index contributed by atoms with van der Waals surface area (Å²) in [4.78, 5) is 34.9. The summed E-state index contributed by atoms with van der Waals surface area (Å²) in [5.41, 5.74) is 1.30. The molecule has 4 aromatic rings. The number of benzene rings is 3. The number of carbonyl (C=O) groups excluding carboxylic acids is 1. The normalized spacial score (nSPS) is 10.5. The molecule has 0 atom stereocenters. The predicted octanol–water partition coefficient (Wildman–Crippen LogP) is 4.70. The maximum absolute atomic E-state index is 12.6. The highest BCUT2D eigenvalue weighted by atomic mass is 16.6. The number of nitrogens with one attached hydrogen (secondary N) is 2. The smallest absolute Gasteiger partial charge is 0.336 e. The molecule has 0 aliphatic rings. The van der Waals surface area contributed by atoms with Crippen LogP contribution in [-0.2, 0) is 0 Å². The number of carbonyl (C=O) groups is 1. The van der Waals surface area contributed by atoms with E-state index in [0.29, 0.717) is 22.3 Å². The van der Waals surface area contributed by atoms with Crippen molar-refractivity contribution in [2.24, 2.45) is 0 Å². The van der Waals surface area contributed by atoms with E-state index in [-0.39, 0.29) is 16.9 Å². The summed E-state index contributed by atoms with van der Waals surface area (Å²) in [7, 11) is 0. The Hall–Kier alpha value is -4.46. The fraction of sp³-hybridized carbons (Fsp3) is 0.